The lowest BCUT2D eigenvalue weighted by atomic mass is 10.2. The minimum atomic E-state index is -0.329. The van der Waals surface area contributed by atoms with Crippen LogP contribution >= 0.6 is 0 Å². The molecule has 0 radical (unpaired) electrons. The third-order valence-electron chi connectivity index (χ3n) is 4.99. The van der Waals surface area contributed by atoms with Crippen LogP contribution in [0.15, 0.2) is 71.3 Å². The highest BCUT2D eigenvalue weighted by atomic mass is 16.3. The fourth-order valence-electron chi connectivity index (χ4n) is 3.58. The highest BCUT2D eigenvalue weighted by molar-refractivity contribution is 6.11. The third kappa shape index (κ3) is 2.97. The summed E-state index contributed by atoms with van der Waals surface area (Å²) in [4.78, 5) is 22.6. The van der Waals surface area contributed by atoms with Gasteiger partial charge in [-0.25, -0.2) is 9.97 Å². The Morgan fingerprint density at radius 1 is 1.07 bits per heavy atom. The predicted molar refractivity (Wildman–Crippen MR) is 115 cm³/mol. The second-order valence-electron chi connectivity index (χ2n) is 7.08. The number of carbonyl (C=O) groups is 1. The van der Waals surface area contributed by atoms with Gasteiger partial charge in [-0.3, -0.25) is 9.36 Å². The van der Waals surface area contributed by atoms with Crippen molar-refractivity contribution < 1.29 is 9.21 Å². The summed E-state index contributed by atoms with van der Waals surface area (Å²) in [6.45, 7) is 2.26. The van der Waals surface area contributed by atoms with Crippen LogP contribution in [0, 0.1) is 6.92 Å². The quantitative estimate of drug-likeness (QED) is 0.478. The number of anilines is 1. The standard InChI is InChI=1S/C23H19N5O2/c1-14-6-4-7-15(12-14)28-21(24)19(23(29)25-13-16-8-5-11-30-16)20-22(28)27-18-10-3-2-9-17(18)26-20/h2-12H,13,24H2,1H3,(H,25,29). The molecule has 3 aromatic heterocycles. The topological polar surface area (TPSA) is 99.0 Å². The lowest BCUT2D eigenvalue weighted by molar-refractivity contribution is 0.0950. The number of nitrogen functional groups attached to an aromatic ring is 1. The van der Waals surface area contributed by atoms with Gasteiger partial charge in [0.05, 0.1) is 23.8 Å². The zero-order valence-corrected chi connectivity index (χ0v) is 16.3. The molecule has 7 nitrogen and oxygen atoms in total. The Hall–Kier alpha value is -4.13. The van der Waals surface area contributed by atoms with Crippen molar-refractivity contribution in [1.29, 1.82) is 0 Å². The molecule has 1 amide bonds. The summed E-state index contributed by atoms with van der Waals surface area (Å²) in [5, 5.41) is 2.86. The molecule has 0 unspecified atom stereocenters. The zero-order chi connectivity index (χ0) is 20.7. The van der Waals surface area contributed by atoms with Crippen LogP contribution in [0.3, 0.4) is 0 Å². The number of para-hydroxylation sites is 2. The molecule has 3 heterocycles. The number of nitrogens with one attached hydrogen (secondary N) is 1. The molecular formula is C23H19N5O2. The van der Waals surface area contributed by atoms with Gasteiger partial charge in [0.1, 0.15) is 22.7 Å². The Labute approximate surface area is 172 Å². The first kappa shape index (κ1) is 17.9. The van der Waals surface area contributed by atoms with Crippen LogP contribution in [0.25, 0.3) is 27.9 Å². The third-order valence-corrected chi connectivity index (χ3v) is 4.99. The van der Waals surface area contributed by atoms with E-state index >= 15 is 0 Å². The number of nitrogens with two attached hydrogens (primary N) is 1. The summed E-state index contributed by atoms with van der Waals surface area (Å²) in [6, 6.07) is 19.0. The summed E-state index contributed by atoms with van der Waals surface area (Å²) < 4.78 is 7.09. The number of benzene rings is 2. The van der Waals surface area contributed by atoms with Crippen molar-refractivity contribution in [2.75, 3.05) is 5.73 Å². The van der Waals surface area contributed by atoms with Gasteiger partial charge in [0, 0.05) is 5.69 Å². The van der Waals surface area contributed by atoms with E-state index in [-0.39, 0.29) is 12.5 Å². The van der Waals surface area contributed by atoms with E-state index in [9.17, 15) is 4.79 Å². The Balaban J connectivity index is 1.71. The van der Waals surface area contributed by atoms with Crippen molar-refractivity contribution in [2.45, 2.75) is 13.5 Å². The van der Waals surface area contributed by atoms with Gasteiger partial charge >= 0.3 is 0 Å². The Morgan fingerprint density at radius 2 is 1.87 bits per heavy atom. The van der Waals surface area contributed by atoms with E-state index in [1.54, 1.807) is 23.0 Å². The monoisotopic (exact) mass is 397 g/mol. The first-order chi connectivity index (χ1) is 14.6. The normalized spacial score (nSPS) is 11.2. The van der Waals surface area contributed by atoms with Gasteiger partial charge < -0.3 is 15.5 Å². The molecule has 0 atom stereocenters. The molecular weight excluding hydrogens is 378 g/mol. The fraction of sp³-hybridized carbons (Fsp3) is 0.0870. The van der Waals surface area contributed by atoms with Crippen molar-refractivity contribution in [3.05, 3.63) is 83.8 Å². The van der Waals surface area contributed by atoms with E-state index in [2.05, 4.69) is 5.32 Å². The number of hydrogen-bond acceptors (Lipinski definition) is 5. The summed E-state index contributed by atoms with van der Waals surface area (Å²) in [5.74, 6) is 0.619. The molecule has 0 fully saturated rings. The molecule has 0 saturated heterocycles. The maximum atomic E-state index is 13.1. The van der Waals surface area contributed by atoms with E-state index in [0.29, 0.717) is 33.8 Å². The average Bonchev–Trinajstić information content (AvgIpc) is 3.35. The van der Waals surface area contributed by atoms with E-state index in [1.807, 2.05) is 55.5 Å². The zero-order valence-electron chi connectivity index (χ0n) is 16.3. The van der Waals surface area contributed by atoms with Crippen molar-refractivity contribution >= 4 is 33.9 Å². The Kier molecular flexibility index (Phi) is 4.21. The molecule has 0 saturated carbocycles. The number of furan rings is 1. The van der Waals surface area contributed by atoms with Crippen LogP contribution in [-0.4, -0.2) is 20.4 Å². The van der Waals surface area contributed by atoms with Gasteiger partial charge in [-0.1, -0.05) is 24.3 Å². The minimum Gasteiger partial charge on any atom is -0.467 e. The van der Waals surface area contributed by atoms with Crippen LogP contribution in [0.1, 0.15) is 21.7 Å². The molecule has 5 rings (SSSR count). The van der Waals surface area contributed by atoms with Gasteiger partial charge in [-0.05, 0) is 48.9 Å². The molecule has 2 aromatic carbocycles. The van der Waals surface area contributed by atoms with Gasteiger partial charge in [0.25, 0.3) is 5.91 Å². The lowest BCUT2D eigenvalue weighted by Crippen LogP contribution is -2.23. The average molecular weight is 397 g/mol. The van der Waals surface area contributed by atoms with Crippen LogP contribution in [0.4, 0.5) is 5.82 Å². The number of rotatable bonds is 4. The fourth-order valence-corrected chi connectivity index (χ4v) is 3.58. The van der Waals surface area contributed by atoms with Gasteiger partial charge in [0.15, 0.2) is 5.65 Å². The Morgan fingerprint density at radius 3 is 2.60 bits per heavy atom. The molecule has 0 bridgehead atoms. The van der Waals surface area contributed by atoms with E-state index in [1.165, 1.54) is 0 Å². The molecule has 0 aliphatic carbocycles. The van der Waals surface area contributed by atoms with E-state index in [0.717, 1.165) is 16.8 Å². The number of carbonyl (C=O) groups excluding carboxylic acids is 1. The molecule has 148 valence electrons. The number of fused-ring (bicyclic) bond motifs is 2. The molecule has 30 heavy (non-hydrogen) atoms. The largest absolute Gasteiger partial charge is 0.467 e. The van der Waals surface area contributed by atoms with Gasteiger partial charge in [-0.15, -0.1) is 0 Å². The summed E-state index contributed by atoms with van der Waals surface area (Å²) in [5.41, 5.74) is 11.2. The summed E-state index contributed by atoms with van der Waals surface area (Å²) >= 11 is 0. The highest BCUT2D eigenvalue weighted by Crippen LogP contribution is 2.31. The van der Waals surface area contributed by atoms with Gasteiger partial charge in [0.2, 0.25) is 0 Å². The molecule has 0 spiro atoms. The lowest BCUT2D eigenvalue weighted by Gasteiger charge is -2.09. The maximum absolute atomic E-state index is 13.1. The van der Waals surface area contributed by atoms with Crippen molar-refractivity contribution in [3.63, 3.8) is 0 Å². The van der Waals surface area contributed by atoms with Crippen molar-refractivity contribution in [1.82, 2.24) is 19.9 Å². The first-order valence-corrected chi connectivity index (χ1v) is 9.56. The van der Waals surface area contributed by atoms with Crippen molar-refractivity contribution in [2.24, 2.45) is 0 Å². The van der Waals surface area contributed by atoms with E-state index < -0.39 is 0 Å². The number of hydrogen-bond donors (Lipinski definition) is 2. The second kappa shape index (κ2) is 7.04. The number of aryl methyl sites for hydroxylation is 1. The smallest absolute Gasteiger partial charge is 0.257 e. The number of amides is 1. The molecule has 3 N–H and O–H groups in total. The van der Waals surface area contributed by atoms with Crippen LogP contribution < -0.4 is 11.1 Å². The first-order valence-electron chi connectivity index (χ1n) is 9.56. The number of nitrogens with zero attached hydrogens (tertiary/aromatic N) is 3. The van der Waals surface area contributed by atoms with E-state index in [4.69, 9.17) is 20.1 Å². The van der Waals surface area contributed by atoms with Crippen LogP contribution in [-0.2, 0) is 6.54 Å². The van der Waals surface area contributed by atoms with Gasteiger partial charge in [-0.2, -0.15) is 0 Å². The molecule has 5 aromatic rings. The minimum absolute atomic E-state index is 0.253. The molecule has 0 aliphatic rings. The van der Waals surface area contributed by atoms with Crippen molar-refractivity contribution in [3.8, 4) is 5.69 Å². The predicted octanol–water partition coefficient (Wildman–Crippen LogP) is 3.99. The van der Waals surface area contributed by atoms with Crippen LogP contribution in [0.5, 0.6) is 0 Å². The molecule has 0 aliphatic heterocycles. The number of aromatic nitrogens is 3. The summed E-state index contributed by atoms with van der Waals surface area (Å²) in [7, 11) is 0. The second-order valence-corrected chi connectivity index (χ2v) is 7.08. The summed E-state index contributed by atoms with van der Waals surface area (Å²) in [6.07, 6.45) is 1.57. The SMILES string of the molecule is Cc1cccc(-n2c(N)c(C(=O)NCc3ccco3)c3nc4ccccc4nc32)c1. The highest BCUT2D eigenvalue weighted by Gasteiger charge is 2.24. The Bertz CT molecular complexity index is 1390. The van der Waals surface area contributed by atoms with Crippen LogP contribution in [0.2, 0.25) is 0 Å². The molecule has 7 heteroatoms. The maximum Gasteiger partial charge on any atom is 0.257 e.